The first-order valence-electron chi connectivity index (χ1n) is 10.3. The Balaban J connectivity index is 2.81. The molecular formula is C23H36F2O3. The number of rotatable bonds is 10. The fourth-order valence-corrected chi connectivity index (χ4v) is 3.06. The number of allylic oxidation sites excluding steroid dienone is 7. The summed E-state index contributed by atoms with van der Waals surface area (Å²) in [6, 6.07) is 0. The zero-order valence-electron chi connectivity index (χ0n) is 18.2. The van der Waals surface area contributed by atoms with E-state index in [4.69, 9.17) is 14.2 Å². The van der Waals surface area contributed by atoms with Crippen molar-refractivity contribution in [2.45, 2.75) is 78.9 Å². The van der Waals surface area contributed by atoms with E-state index in [0.717, 1.165) is 31.3 Å². The van der Waals surface area contributed by atoms with Gasteiger partial charge in [0.2, 0.25) is 0 Å². The third-order valence-electron chi connectivity index (χ3n) is 5.21. The summed E-state index contributed by atoms with van der Waals surface area (Å²) < 4.78 is 45.1. The van der Waals surface area contributed by atoms with Crippen molar-refractivity contribution in [1.82, 2.24) is 0 Å². The minimum absolute atomic E-state index is 0.0607. The van der Waals surface area contributed by atoms with E-state index in [2.05, 4.69) is 13.8 Å². The van der Waals surface area contributed by atoms with Crippen LogP contribution in [0, 0.1) is 0 Å². The number of halogens is 2. The summed E-state index contributed by atoms with van der Waals surface area (Å²) in [4.78, 5) is 0. The predicted octanol–water partition coefficient (Wildman–Crippen LogP) is 6.72. The molecule has 0 N–H and O–H groups in total. The van der Waals surface area contributed by atoms with Gasteiger partial charge in [0.05, 0.1) is 32.5 Å². The molecule has 0 saturated carbocycles. The van der Waals surface area contributed by atoms with Crippen molar-refractivity contribution >= 4 is 0 Å². The lowest BCUT2D eigenvalue weighted by Crippen LogP contribution is -2.31. The molecule has 0 amide bonds. The van der Waals surface area contributed by atoms with E-state index < -0.39 is 11.7 Å². The zero-order valence-corrected chi connectivity index (χ0v) is 18.2. The highest BCUT2D eigenvalue weighted by atomic mass is 19.2. The van der Waals surface area contributed by atoms with E-state index in [0.29, 0.717) is 36.9 Å². The second-order valence-corrected chi connectivity index (χ2v) is 7.12. The average molecular weight is 399 g/mol. The lowest BCUT2D eigenvalue weighted by molar-refractivity contribution is -0.0812. The lowest BCUT2D eigenvalue weighted by atomic mass is 10.0. The minimum atomic E-state index is -0.946. The first kappa shape index (κ1) is 24.6. The largest absolute Gasteiger partial charge is 0.498 e. The van der Waals surface area contributed by atoms with Gasteiger partial charge in [-0.2, -0.15) is 0 Å². The quantitative estimate of drug-likeness (QED) is 0.302. The summed E-state index contributed by atoms with van der Waals surface area (Å²) in [6.45, 7) is 10.4. The molecule has 28 heavy (non-hydrogen) atoms. The van der Waals surface area contributed by atoms with Crippen molar-refractivity contribution in [2.75, 3.05) is 20.3 Å². The number of methoxy groups -OCH3 is 1. The van der Waals surface area contributed by atoms with Crippen molar-refractivity contribution in [1.29, 1.82) is 0 Å². The molecule has 2 atom stereocenters. The Bertz CT molecular complexity index is 609. The summed E-state index contributed by atoms with van der Waals surface area (Å²) in [7, 11) is 1.33. The van der Waals surface area contributed by atoms with Crippen molar-refractivity contribution in [3.8, 4) is 0 Å². The highest BCUT2D eigenvalue weighted by Gasteiger charge is 2.21. The highest BCUT2D eigenvalue weighted by molar-refractivity contribution is 5.40. The molecule has 160 valence electrons. The topological polar surface area (TPSA) is 27.7 Å². The summed E-state index contributed by atoms with van der Waals surface area (Å²) in [5.41, 5.74) is 2.14. The zero-order chi connectivity index (χ0) is 21.1. The summed E-state index contributed by atoms with van der Waals surface area (Å²) in [6.07, 6.45) is 8.59. The van der Waals surface area contributed by atoms with Crippen LogP contribution in [0.4, 0.5) is 8.78 Å². The van der Waals surface area contributed by atoms with Crippen molar-refractivity contribution in [3.63, 3.8) is 0 Å². The minimum Gasteiger partial charge on any atom is -0.498 e. The molecule has 0 spiro atoms. The van der Waals surface area contributed by atoms with Crippen LogP contribution >= 0.6 is 0 Å². The second kappa shape index (κ2) is 12.9. The predicted molar refractivity (Wildman–Crippen MR) is 110 cm³/mol. The summed E-state index contributed by atoms with van der Waals surface area (Å²) in [5, 5.41) is 0. The monoisotopic (exact) mass is 398 g/mol. The van der Waals surface area contributed by atoms with E-state index in [-0.39, 0.29) is 11.9 Å². The highest BCUT2D eigenvalue weighted by Crippen LogP contribution is 2.28. The summed E-state index contributed by atoms with van der Waals surface area (Å²) >= 11 is 0. The maximum Gasteiger partial charge on any atom is 0.196 e. The van der Waals surface area contributed by atoms with Gasteiger partial charge in [-0.3, -0.25) is 0 Å². The first-order valence-corrected chi connectivity index (χ1v) is 10.3. The van der Waals surface area contributed by atoms with E-state index in [1.807, 2.05) is 19.1 Å². The molecule has 1 aliphatic rings. The molecule has 0 bridgehead atoms. The standard InChI is InChI=1S/C23H36F2O3/c1-7-18(14-27-20-13-12-19(8-2)28-15-20)11-10-16(4)21(9-3)23(25)22(24)17(5)26-6/h10-11,19-20H,7-9,12-15H2,1-6H3/b16-10+,18-11+,22-17-,23-21-. The smallest absolute Gasteiger partial charge is 0.196 e. The van der Waals surface area contributed by atoms with Crippen LogP contribution in [0.5, 0.6) is 0 Å². The van der Waals surface area contributed by atoms with E-state index >= 15 is 0 Å². The van der Waals surface area contributed by atoms with Gasteiger partial charge >= 0.3 is 0 Å². The molecule has 3 nitrogen and oxygen atoms in total. The molecular weight excluding hydrogens is 362 g/mol. The molecule has 5 heteroatoms. The SMILES string of the molecule is CCC(=C(F)\C(F)=C(/C)OC)/C(C)=C/C=C(\CC)COC1CCC(CC)OC1. The Morgan fingerprint density at radius 1 is 1.04 bits per heavy atom. The van der Waals surface area contributed by atoms with Crippen LogP contribution in [0.1, 0.15) is 66.7 Å². The van der Waals surface area contributed by atoms with Crippen LogP contribution in [0.3, 0.4) is 0 Å². The first-order chi connectivity index (χ1) is 13.4. The molecule has 0 radical (unpaired) electrons. The third kappa shape index (κ3) is 7.51. The maximum absolute atomic E-state index is 14.5. The molecule has 1 rings (SSSR count). The van der Waals surface area contributed by atoms with Crippen molar-refractivity contribution < 1.29 is 23.0 Å². The lowest BCUT2D eigenvalue weighted by Gasteiger charge is -2.28. The second-order valence-electron chi connectivity index (χ2n) is 7.12. The Morgan fingerprint density at radius 3 is 2.25 bits per heavy atom. The van der Waals surface area contributed by atoms with E-state index in [9.17, 15) is 8.78 Å². The number of hydrogen-bond acceptors (Lipinski definition) is 3. The number of hydrogen-bond donors (Lipinski definition) is 0. The van der Waals surface area contributed by atoms with E-state index in [1.54, 1.807) is 6.92 Å². The Labute approximate surface area is 169 Å². The maximum atomic E-state index is 14.5. The Hall–Kier alpha value is -1.46. The van der Waals surface area contributed by atoms with Crippen LogP contribution in [0.25, 0.3) is 0 Å². The molecule has 0 aromatic rings. The van der Waals surface area contributed by atoms with Crippen LogP contribution in [0.15, 0.2) is 46.3 Å². The molecule has 1 heterocycles. The van der Waals surface area contributed by atoms with Gasteiger partial charge in [-0.25, -0.2) is 8.78 Å². The molecule has 1 saturated heterocycles. The van der Waals surface area contributed by atoms with Crippen molar-refractivity contribution in [2.24, 2.45) is 0 Å². The van der Waals surface area contributed by atoms with Crippen LogP contribution in [-0.4, -0.2) is 32.5 Å². The van der Waals surface area contributed by atoms with Crippen LogP contribution in [-0.2, 0) is 14.2 Å². The fraction of sp³-hybridized carbons (Fsp3) is 0.652. The van der Waals surface area contributed by atoms with Crippen LogP contribution < -0.4 is 0 Å². The number of ether oxygens (including phenoxy) is 3. The molecule has 0 aromatic heterocycles. The average Bonchev–Trinajstić information content (AvgIpc) is 2.73. The van der Waals surface area contributed by atoms with Gasteiger partial charge in [0.1, 0.15) is 5.76 Å². The molecule has 1 aliphatic heterocycles. The Morgan fingerprint density at radius 2 is 1.75 bits per heavy atom. The van der Waals surface area contributed by atoms with Gasteiger partial charge in [0, 0.05) is 0 Å². The van der Waals surface area contributed by atoms with Gasteiger partial charge in [-0.05, 0) is 62.7 Å². The van der Waals surface area contributed by atoms with Crippen LogP contribution in [0.2, 0.25) is 0 Å². The van der Waals surface area contributed by atoms with Gasteiger partial charge in [0.25, 0.3) is 0 Å². The van der Waals surface area contributed by atoms with Gasteiger partial charge in [0.15, 0.2) is 11.7 Å². The molecule has 0 aliphatic carbocycles. The molecule has 1 fully saturated rings. The van der Waals surface area contributed by atoms with Gasteiger partial charge in [-0.1, -0.05) is 32.9 Å². The van der Waals surface area contributed by atoms with Crippen molar-refractivity contribution in [3.05, 3.63) is 46.3 Å². The summed E-state index contributed by atoms with van der Waals surface area (Å²) in [5.74, 6) is -1.87. The normalized spacial score (nSPS) is 23.3. The van der Waals surface area contributed by atoms with Gasteiger partial charge < -0.3 is 14.2 Å². The Kier molecular flexibility index (Phi) is 11.3. The van der Waals surface area contributed by atoms with E-state index in [1.165, 1.54) is 14.0 Å². The molecule has 0 aromatic carbocycles. The molecule has 2 unspecified atom stereocenters. The fourth-order valence-electron chi connectivity index (χ4n) is 3.06. The van der Waals surface area contributed by atoms with Gasteiger partial charge in [-0.15, -0.1) is 0 Å². The third-order valence-corrected chi connectivity index (χ3v) is 5.21.